The fourth-order valence-electron chi connectivity index (χ4n) is 1.52. The molecule has 0 atom stereocenters. The number of nitrogens with zero attached hydrogens (tertiary/aromatic N) is 1. The Morgan fingerprint density at radius 1 is 1.39 bits per heavy atom. The summed E-state index contributed by atoms with van der Waals surface area (Å²) >= 11 is 5.99. The Bertz CT molecular complexity index is 581. The molecule has 0 saturated carbocycles. The number of nitrogens with one attached hydrogen (secondary N) is 1. The zero-order chi connectivity index (χ0) is 13.1. The number of aromatic nitrogens is 1. The molecule has 1 N–H and O–H groups in total. The Kier molecular flexibility index (Phi) is 3.58. The zero-order valence-corrected chi connectivity index (χ0v) is 10.3. The molecule has 0 bridgehead atoms. The van der Waals surface area contributed by atoms with Gasteiger partial charge in [0, 0.05) is 17.8 Å². The Hall–Kier alpha value is -1.94. The van der Waals surface area contributed by atoms with Gasteiger partial charge in [0.1, 0.15) is 0 Å². The van der Waals surface area contributed by atoms with Crippen LogP contribution in [0, 0.1) is 12.9 Å². The van der Waals surface area contributed by atoms with E-state index in [1.807, 2.05) is 13.0 Å². The minimum absolute atomic E-state index is 0.196. The summed E-state index contributed by atoms with van der Waals surface area (Å²) in [6.07, 6.45) is 1.24. The molecule has 0 radical (unpaired) electrons. The van der Waals surface area contributed by atoms with Gasteiger partial charge < -0.3 is 5.32 Å². The van der Waals surface area contributed by atoms with E-state index in [4.69, 9.17) is 11.6 Å². The molecule has 1 amide bonds. The van der Waals surface area contributed by atoms with Gasteiger partial charge in [0.05, 0.1) is 10.7 Å². The Labute approximate surface area is 109 Å². The number of aryl methyl sites for hydroxylation is 1. The van der Waals surface area contributed by atoms with Gasteiger partial charge in [-0.15, -0.1) is 0 Å². The fraction of sp³-hybridized carbons (Fsp3) is 0.0769. The normalized spacial score (nSPS) is 10.2. The topological polar surface area (TPSA) is 42.0 Å². The molecule has 18 heavy (non-hydrogen) atoms. The van der Waals surface area contributed by atoms with Crippen molar-refractivity contribution in [3.63, 3.8) is 0 Å². The first-order valence-corrected chi connectivity index (χ1v) is 5.64. The van der Waals surface area contributed by atoms with Gasteiger partial charge in [-0.2, -0.15) is 4.39 Å². The lowest BCUT2D eigenvalue weighted by molar-refractivity contribution is 0.102. The van der Waals surface area contributed by atoms with Crippen LogP contribution in [0.15, 0.2) is 36.5 Å². The number of amides is 1. The number of para-hydroxylation sites is 1. The first-order valence-electron chi connectivity index (χ1n) is 5.26. The van der Waals surface area contributed by atoms with E-state index in [0.29, 0.717) is 10.7 Å². The Morgan fingerprint density at radius 3 is 2.83 bits per heavy atom. The van der Waals surface area contributed by atoms with Crippen molar-refractivity contribution in [1.82, 2.24) is 4.98 Å². The predicted molar refractivity (Wildman–Crippen MR) is 68.3 cm³/mol. The SMILES string of the molecule is Cc1cccc(Cl)c1NC(=O)c1ccnc(F)c1. The van der Waals surface area contributed by atoms with Crippen LogP contribution in [-0.4, -0.2) is 10.9 Å². The molecule has 2 rings (SSSR count). The third kappa shape index (κ3) is 2.65. The predicted octanol–water partition coefficient (Wildman–Crippen LogP) is 3.43. The molecule has 92 valence electrons. The number of pyridine rings is 1. The standard InChI is InChI=1S/C13H10ClFN2O/c1-8-3-2-4-10(14)12(8)17-13(18)9-5-6-16-11(15)7-9/h2-7H,1H3,(H,17,18). The maximum atomic E-state index is 12.9. The molecule has 0 aliphatic heterocycles. The summed E-state index contributed by atoms with van der Waals surface area (Å²) in [4.78, 5) is 15.3. The molecule has 0 aliphatic carbocycles. The van der Waals surface area contributed by atoms with E-state index in [1.165, 1.54) is 12.3 Å². The van der Waals surface area contributed by atoms with Gasteiger partial charge in [-0.3, -0.25) is 4.79 Å². The molecule has 0 fully saturated rings. The number of carbonyl (C=O) groups excluding carboxylic acids is 1. The molecule has 0 aliphatic rings. The van der Waals surface area contributed by atoms with Gasteiger partial charge in [-0.05, 0) is 24.6 Å². The number of rotatable bonds is 2. The van der Waals surface area contributed by atoms with Crippen molar-refractivity contribution in [2.24, 2.45) is 0 Å². The van der Waals surface area contributed by atoms with E-state index in [-0.39, 0.29) is 5.56 Å². The first kappa shape index (κ1) is 12.5. The van der Waals surface area contributed by atoms with Crippen LogP contribution >= 0.6 is 11.6 Å². The lowest BCUT2D eigenvalue weighted by atomic mass is 10.2. The summed E-state index contributed by atoms with van der Waals surface area (Å²) < 4.78 is 12.9. The van der Waals surface area contributed by atoms with Gasteiger partial charge in [0.15, 0.2) is 0 Å². The van der Waals surface area contributed by atoms with Crippen LogP contribution in [0.4, 0.5) is 10.1 Å². The number of hydrogen-bond donors (Lipinski definition) is 1. The molecule has 3 nitrogen and oxygen atoms in total. The molecule has 0 spiro atoms. The fourth-order valence-corrected chi connectivity index (χ4v) is 1.79. The molecule has 1 aromatic heterocycles. The average Bonchev–Trinajstić information content (AvgIpc) is 2.34. The van der Waals surface area contributed by atoms with Crippen LogP contribution in [0.5, 0.6) is 0 Å². The van der Waals surface area contributed by atoms with Crippen molar-refractivity contribution in [3.8, 4) is 0 Å². The smallest absolute Gasteiger partial charge is 0.255 e. The van der Waals surface area contributed by atoms with Crippen molar-refractivity contribution >= 4 is 23.2 Å². The summed E-state index contributed by atoms with van der Waals surface area (Å²) in [6, 6.07) is 7.80. The molecule has 1 aromatic carbocycles. The molecule has 2 aromatic rings. The van der Waals surface area contributed by atoms with E-state index < -0.39 is 11.9 Å². The first-order chi connectivity index (χ1) is 8.58. The van der Waals surface area contributed by atoms with Gasteiger partial charge in [0.2, 0.25) is 5.95 Å². The number of anilines is 1. The lowest BCUT2D eigenvalue weighted by Gasteiger charge is -2.10. The quantitative estimate of drug-likeness (QED) is 0.845. The highest BCUT2D eigenvalue weighted by atomic mass is 35.5. The second kappa shape index (κ2) is 5.14. The van der Waals surface area contributed by atoms with Gasteiger partial charge in [0.25, 0.3) is 5.91 Å². The van der Waals surface area contributed by atoms with E-state index in [1.54, 1.807) is 12.1 Å². The summed E-state index contributed by atoms with van der Waals surface area (Å²) in [7, 11) is 0. The van der Waals surface area contributed by atoms with Gasteiger partial charge >= 0.3 is 0 Å². The van der Waals surface area contributed by atoms with Crippen LogP contribution in [0.3, 0.4) is 0 Å². The van der Waals surface area contributed by atoms with E-state index in [0.717, 1.165) is 11.6 Å². The number of carbonyl (C=O) groups is 1. The van der Waals surface area contributed by atoms with Crippen molar-refractivity contribution in [1.29, 1.82) is 0 Å². The highest BCUT2D eigenvalue weighted by molar-refractivity contribution is 6.34. The summed E-state index contributed by atoms with van der Waals surface area (Å²) in [5.41, 5.74) is 1.56. The van der Waals surface area contributed by atoms with E-state index >= 15 is 0 Å². The van der Waals surface area contributed by atoms with E-state index in [9.17, 15) is 9.18 Å². The summed E-state index contributed by atoms with van der Waals surface area (Å²) in [6.45, 7) is 1.83. The Balaban J connectivity index is 2.27. The van der Waals surface area contributed by atoms with Crippen LogP contribution in [0.1, 0.15) is 15.9 Å². The highest BCUT2D eigenvalue weighted by Crippen LogP contribution is 2.25. The van der Waals surface area contributed by atoms with Crippen LogP contribution in [-0.2, 0) is 0 Å². The minimum Gasteiger partial charge on any atom is -0.320 e. The molecule has 0 saturated heterocycles. The molecular weight excluding hydrogens is 255 g/mol. The number of halogens is 2. The van der Waals surface area contributed by atoms with Crippen molar-refractivity contribution in [3.05, 3.63) is 58.6 Å². The van der Waals surface area contributed by atoms with Crippen molar-refractivity contribution in [2.75, 3.05) is 5.32 Å². The van der Waals surface area contributed by atoms with Gasteiger partial charge in [-0.25, -0.2) is 4.98 Å². The van der Waals surface area contributed by atoms with Crippen molar-refractivity contribution < 1.29 is 9.18 Å². The minimum atomic E-state index is -0.696. The summed E-state index contributed by atoms with van der Waals surface area (Å²) in [5.74, 6) is -1.12. The highest BCUT2D eigenvalue weighted by Gasteiger charge is 2.11. The average molecular weight is 265 g/mol. The van der Waals surface area contributed by atoms with Crippen LogP contribution in [0.25, 0.3) is 0 Å². The lowest BCUT2D eigenvalue weighted by Crippen LogP contribution is -2.13. The molecule has 5 heteroatoms. The molecule has 0 unspecified atom stereocenters. The number of hydrogen-bond acceptors (Lipinski definition) is 2. The maximum absolute atomic E-state index is 12.9. The van der Waals surface area contributed by atoms with Crippen LogP contribution < -0.4 is 5.32 Å². The van der Waals surface area contributed by atoms with Crippen LogP contribution in [0.2, 0.25) is 5.02 Å². The molecular formula is C13H10ClFN2O. The summed E-state index contributed by atoms with van der Waals surface area (Å²) in [5, 5.41) is 3.10. The number of benzene rings is 1. The second-order valence-corrected chi connectivity index (χ2v) is 4.16. The maximum Gasteiger partial charge on any atom is 0.255 e. The van der Waals surface area contributed by atoms with Crippen molar-refractivity contribution in [2.45, 2.75) is 6.92 Å². The monoisotopic (exact) mass is 264 g/mol. The second-order valence-electron chi connectivity index (χ2n) is 3.75. The largest absolute Gasteiger partial charge is 0.320 e. The zero-order valence-electron chi connectivity index (χ0n) is 9.58. The van der Waals surface area contributed by atoms with E-state index in [2.05, 4.69) is 10.3 Å². The Morgan fingerprint density at radius 2 is 2.17 bits per heavy atom. The van der Waals surface area contributed by atoms with Gasteiger partial charge in [-0.1, -0.05) is 23.7 Å². The molecule has 1 heterocycles. The third-order valence-electron chi connectivity index (χ3n) is 2.45. The third-order valence-corrected chi connectivity index (χ3v) is 2.76.